The molecule has 0 fully saturated rings. The van der Waals surface area contributed by atoms with E-state index in [-0.39, 0.29) is 11.5 Å². The van der Waals surface area contributed by atoms with Crippen molar-refractivity contribution in [3.05, 3.63) is 29.6 Å². The van der Waals surface area contributed by atoms with E-state index in [4.69, 9.17) is 5.73 Å². The summed E-state index contributed by atoms with van der Waals surface area (Å²) in [6.07, 6.45) is 3.84. The molecule has 0 bridgehead atoms. The number of hydrogen-bond acceptors (Lipinski definition) is 2. The molecule has 0 saturated heterocycles. The number of pyridine rings is 1. The predicted molar refractivity (Wildman–Crippen MR) is 64.7 cm³/mol. The Balaban J connectivity index is 2.65. The maximum absolute atomic E-state index is 6.11. The van der Waals surface area contributed by atoms with E-state index in [1.807, 2.05) is 6.20 Å². The van der Waals surface area contributed by atoms with E-state index in [1.165, 1.54) is 5.56 Å². The van der Waals surface area contributed by atoms with Gasteiger partial charge in [-0.15, -0.1) is 0 Å². The van der Waals surface area contributed by atoms with Gasteiger partial charge in [-0.1, -0.05) is 33.8 Å². The fraction of sp³-hybridized carbons (Fsp3) is 0.615. The lowest BCUT2D eigenvalue weighted by Gasteiger charge is -2.26. The molecule has 15 heavy (non-hydrogen) atoms. The van der Waals surface area contributed by atoms with Crippen molar-refractivity contribution in [3.8, 4) is 0 Å². The minimum absolute atomic E-state index is 0.144. The zero-order valence-corrected chi connectivity index (χ0v) is 10.2. The average Bonchev–Trinajstić information content (AvgIpc) is 2.17. The first kappa shape index (κ1) is 12.2. The SMILES string of the molecule is CCc1ccc(CC(N)C(C)(C)C)nc1. The Morgan fingerprint density at radius 3 is 2.40 bits per heavy atom. The first-order valence-corrected chi connectivity index (χ1v) is 5.63. The van der Waals surface area contributed by atoms with Crippen LogP contribution in [-0.2, 0) is 12.8 Å². The van der Waals surface area contributed by atoms with Gasteiger partial charge in [0, 0.05) is 24.4 Å². The summed E-state index contributed by atoms with van der Waals surface area (Å²) in [5.41, 5.74) is 8.63. The Morgan fingerprint density at radius 1 is 1.33 bits per heavy atom. The van der Waals surface area contributed by atoms with E-state index in [0.29, 0.717) is 0 Å². The number of hydrogen-bond donors (Lipinski definition) is 1. The van der Waals surface area contributed by atoms with Crippen LogP contribution in [0.3, 0.4) is 0 Å². The second-order valence-corrected chi connectivity index (χ2v) is 5.19. The smallest absolute Gasteiger partial charge is 0.0419 e. The van der Waals surface area contributed by atoms with Crippen molar-refractivity contribution in [2.75, 3.05) is 0 Å². The van der Waals surface area contributed by atoms with Crippen LogP contribution in [0.4, 0.5) is 0 Å². The monoisotopic (exact) mass is 206 g/mol. The summed E-state index contributed by atoms with van der Waals surface area (Å²) < 4.78 is 0. The topological polar surface area (TPSA) is 38.9 Å². The highest BCUT2D eigenvalue weighted by atomic mass is 14.7. The van der Waals surface area contributed by atoms with Gasteiger partial charge in [-0.2, -0.15) is 0 Å². The number of aryl methyl sites for hydroxylation is 1. The van der Waals surface area contributed by atoms with E-state index < -0.39 is 0 Å². The fourth-order valence-electron chi connectivity index (χ4n) is 1.32. The molecule has 1 atom stereocenters. The molecule has 0 aliphatic carbocycles. The summed E-state index contributed by atoms with van der Waals surface area (Å²) in [6.45, 7) is 8.63. The fourth-order valence-corrected chi connectivity index (χ4v) is 1.32. The molecule has 1 unspecified atom stereocenters. The highest BCUT2D eigenvalue weighted by Crippen LogP contribution is 2.20. The molecule has 0 aliphatic heterocycles. The zero-order chi connectivity index (χ0) is 11.5. The Labute approximate surface area is 92.9 Å². The molecular formula is C13H22N2. The molecule has 0 saturated carbocycles. The summed E-state index contributed by atoms with van der Waals surface area (Å²) in [4.78, 5) is 4.42. The minimum atomic E-state index is 0.144. The van der Waals surface area contributed by atoms with E-state index in [1.54, 1.807) is 0 Å². The van der Waals surface area contributed by atoms with Crippen LogP contribution >= 0.6 is 0 Å². The molecule has 0 spiro atoms. The van der Waals surface area contributed by atoms with Gasteiger partial charge in [-0.05, 0) is 23.5 Å². The Kier molecular flexibility index (Phi) is 3.86. The molecular weight excluding hydrogens is 184 g/mol. The molecule has 0 radical (unpaired) electrons. The van der Waals surface area contributed by atoms with Crippen molar-refractivity contribution in [3.63, 3.8) is 0 Å². The molecule has 0 aliphatic rings. The normalized spacial score (nSPS) is 13.9. The van der Waals surface area contributed by atoms with E-state index in [0.717, 1.165) is 18.5 Å². The number of nitrogens with two attached hydrogens (primary N) is 1. The van der Waals surface area contributed by atoms with Gasteiger partial charge in [0.2, 0.25) is 0 Å². The van der Waals surface area contributed by atoms with Gasteiger partial charge in [-0.3, -0.25) is 4.98 Å². The molecule has 0 aromatic carbocycles. The maximum atomic E-state index is 6.11. The van der Waals surface area contributed by atoms with Crippen LogP contribution in [0.15, 0.2) is 18.3 Å². The Morgan fingerprint density at radius 2 is 2.00 bits per heavy atom. The van der Waals surface area contributed by atoms with Gasteiger partial charge in [0.25, 0.3) is 0 Å². The molecule has 0 amide bonds. The van der Waals surface area contributed by atoms with E-state index >= 15 is 0 Å². The third-order valence-electron chi connectivity index (χ3n) is 2.84. The second-order valence-electron chi connectivity index (χ2n) is 5.19. The third kappa shape index (κ3) is 3.63. The lowest BCUT2D eigenvalue weighted by Crippen LogP contribution is -2.37. The Hall–Kier alpha value is -0.890. The van der Waals surface area contributed by atoms with Crippen LogP contribution in [0.25, 0.3) is 0 Å². The van der Waals surface area contributed by atoms with Crippen molar-refractivity contribution >= 4 is 0 Å². The Bertz CT molecular complexity index is 295. The van der Waals surface area contributed by atoms with Crippen molar-refractivity contribution < 1.29 is 0 Å². The standard InChI is InChI=1S/C13H22N2/c1-5-10-6-7-11(15-9-10)8-12(14)13(2,3)4/h6-7,9,12H,5,8,14H2,1-4H3. The molecule has 2 N–H and O–H groups in total. The molecule has 1 aromatic rings. The highest BCUT2D eigenvalue weighted by Gasteiger charge is 2.20. The van der Waals surface area contributed by atoms with Gasteiger partial charge >= 0.3 is 0 Å². The molecule has 2 heteroatoms. The first-order chi connectivity index (χ1) is 6.93. The second kappa shape index (κ2) is 4.75. The maximum Gasteiger partial charge on any atom is 0.0419 e. The van der Waals surface area contributed by atoms with Crippen LogP contribution in [0.5, 0.6) is 0 Å². The largest absolute Gasteiger partial charge is 0.327 e. The van der Waals surface area contributed by atoms with Crippen LogP contribution in [0, 0.1) is 5.41 Å². The molecule has 84 valence electrons. The van der Waals surface area contributed by atoms with Gasteiger partial charge in [0.15, 0.2) is 0 Å². The van der Waals surface area contributed by atoms with Gasteiger partial charge in [0.05, 0.1) is 0 Å². The molecule has 2 nitrogen and oxygen atoms in total. The van der Waals surface area contributed by atoms with Crippen molar-refractivity contribution in [2.45, 2.75) is 46.6 Å². The highest BCUT2D eigenvalue weighted by molar-refractivity contribution is 5.14. The van der Waals surface area contributed by atoms with Crippen LogP contribution in [-0.4, -0.2) is 11.0 Å². The van der Waals surface area contributed by atoms with Gasteiger partial charge < -0.3 is 5.73 Å². The van der Waals surface area contributed by atoms with Crippen LogP contribution in [0.2, 0.25) is 0 Å². The lowest BCUT2D eigenvalue weighted by molar-refractivity contribution is 0.317. The predicted octanol–water partition coefficient (Wildman–Crippen LogP) is 2.56. The van der Waals surface area contributed by atoms with Crippen molar-refractivity contribution in [2.24, 2.45) is 11.1 Å². The van der Waals surface area contributed by atoms with E-state index in [2.05, 4.69) is 44.8 Å². The zero-order valence-electron chi connectivity index (χ0n) is 10.2. The summed E-state index contributed by atoms with van der Waals surface area (Å²) in [5, 5.41) is 0. The van der Waals surface area contributed by atoms with E-state index in [9.17, 15) is 0 Å². The van der Waals surface area contributed by atoms with Gasteiger partial charge in [0.1, 0.15) is 0 Å². The number of nitrogens with zero attached hydrogens (tertiary/aromatic N) is 1. The summed E-state index contributed by atoms with van der Waals surface area (Å²) in [6, 6.07) is 4.39. The summed E-state index contributed by atoms with van der Waals surface area (Å²) in [5.74, 6) is 0. The third-order valence-corrected chi connectivity index (χ3v) is 2.84. The van der Waals surface area contributed by atoms with Crippen molar-refractivity contribution in [1.82, 2.24) is 4.98 Å². The number of rotatable bonds is 3. The van der Waals surface area contributed by atoms with Crippen LogP contribution < -0.4 is 5.73 Å². The number of aromatic nitrogens is 1. The lowest BCUT2D eigenvalue weighted by atomic mass is 9.85. The summed E-state index contributed by atoms with van der Waals surface area (Å²) >= 11 is 0. The van der Waals surface area contributed by atoms with Crippen molar-refractivity contribution in [1.29, 1.82) is 0 Å². The molecule has 1 heterocycles. The quantitative estimate of drug-likeness (QED) is 0.825. The van der Waals surface area contributed by atoms with Gasteiger partial charge in [-0.25, -0.2) is 0 Å². The minimum Gasteiger partial charge on any atom is -0.327 e. The molecule has 1 aromatic heterocycles. The van der Waals surface area contributed by atoms with Crippen LogP contribution in [0.1, 0.15) is 39.0 Å². The molecule has 1 rings (SSSR count). The average molecular weight is 206 g/mol. The first-order valence-electron chi connectivity index (χ1n) is 5.63. The summed E-state index contributed by atoms with van der Waals surface area (Å²) in [7, 11) is 0.